The van der Waals surface area contributed by atoms with Gasteiger partial charge in [-0.15, -0.1) is 0 Å². The van der Waals surface area contributed by atoms with Crippen molar-refractivity contribution in [2.75, 3.05) is 0 Å². The van der Waals surface area contributed by atoms with Crippen molar-refractivity contribution in [1.29, 1.82) is 0 Å². The van der Waals surface area contributed by atoms with Crippen LogP contribution in [-0.4, -0.2) is 19.4 Å². The summed E-state index contributed by atoms with van der Waals surface area (Å²) in [5.41, 5.74) is 1.10. The van der Waals surface area contributed by atoms with Gasteiger partial charge >= 0.3 is 5.97 Å². The van der Waals surface area contributed by atoms with Crippen molar-refractivity contribution in [3.63, 3.8) is 0 Å². The molecule has 0 bridgehead atoms. The van der Waals surface area contributed by atoms with Crippen LogP contribution in [-0.2, 0) is 11.1 Å². The second-order valence-electron chi connectivity index (χ2n) is 4.40. The zero-order valence-electron chi connectivity index (χ0n) is 9.41. The molecule has 0 heterocycles. The molecule has 0 aliphatic carbocycles. The van der Waals surface area contributed by atoms with Crippen LogP contribution in [0, 0.1) is 0 Å². The molecule has 0 atom stereocenters. The summed E-state index contributed by atoms with van der Waals surface area (Å²) in [4.78, 5) is 11.6. The first-order valence-corrected chi connectivity index (χ1v) is 4.95. The summed E-state index contributed by atoms with van der Waals surface area (Å²) in [6.07, 6.45) is 0.481. The van der Waals surface area contributed by atoms with E-state index in [1.54, 1.807) is 12.1 Å². The normalized spacial score (nSPS) is 11.1. The first kappa shape index (κ1) is 11.8. The van der Waals surface area contributed by atoms with Gasteiger partial charge in [0.15, 0.2) is 0 Å². The van der Waals surface area contributed by atoms with Crippen molar-refractivity contribution in [2.45, 2.75) is 32.7 Å². The number of hydrogen-bond donors (Lipinski definition) is 0. The Morgan fingerprint density at radius 1 is 1.27 bits per heavy atom. The summed E-state index contributed by atoms with van der Waals surface area (Å²) in [7, 11) is 5.46. The molecule has 0 aliphatic heterocycles. The third-order valence-corrected chi connectivity index (χ3v) is 1.82. The van der Waals surface area contributed by atoms with E-state index in [1.807, 2.05) is 32.9 Å². The number of ether oxygens (including phenoxy) is 1. The Labute approximate surface area is 92.0 Å². The number of esters is 1. The largest absolute Gasteiger partial charge is 0.456 e. The Balaban J connectivity index is 2.75. The molecular weight excluding hydrogens is 187 g/mol. The van der Waals surface area contributed by atoms with Gasteiger partial charge in [-0.25, -0.2) is 4.79 Å². The van der Waals surface area contributed by atoms with Crippen LogP contribution >= 0.6 is 0 Å². The maximum absolute atomic E-state index is 11.6. The number of rotatable bonds is 2. The quantitative estimate of drug-likeness (QED) is 0.543. The minimum Gasteiger partial charge on any atom is -0.456 e. The van der Waals surface area contributed by atoms with Gasteiger partial charge in [0.2, 0.25) is 0 Å². The van der Waals surface area contributed by atoms with Gasteiger partial charge in [-0.1, -0.05) is 24.0 Å². The molecule has 2 radical (unpaired) electrons. The van der Waals surface area contributed by atoms with Gasteiger partial charge in [0.05, 0.1) is 13.4 Å². The number of hydrogen-bond acceptors (Lipinski definition) is 2. The summed E-state index contributed by atoms with van der Waals surface area (Å²) in [6, 6.07) is 7.13. The zero-order chi connectivity index (χ0) is 11.5. The maximum Gasteiger partial charge on any atom is 0.338 e. The first-order chi connectivity index (χ1) is 6.92. The van der Waals surface area contributed by atoms with Gasteiger partial charge in [0.25, 0.3) is 0 Å². The van der Waals surface area contributed by atoms with Gasteiger partial charge in [-0.05, 0) is 32.9 Å². The van der Waals surface area contributed by atoms with Gasteiger partial charge in [0.1, 0.15) is 5.60 Å². The van der Waals surface area contributed by atoms with E-state index in [0.29, 0.717) is 11.9 Å². The molecule has 0 aliphatic rings. The summed E-state index contributed by atoms with van der Waals surface area (Å²) < 4.78 is 5.23. The molecule has 0 fully saturated rings. The van der Waals surface area contributed by atoms with E-state index in [0.717, 1.165) is 5.56 Å². The standard InChI is InChI=1S/C12H15BO2/c1-12(2,3)15-11(14)10-6-4-9(8-13)5-7-10/h4-7H,8H2,1-3H3. The summed E-state index contributed by atoms with van der Waals surface area (Å²) in [5, 5.41) is 0. The number of benzene rings is 1. The Hall–Kier alpha value is -1.25. The van der Waals surface area contributed by atoms with Crippen LogP contribution in [0.2, 0.25) is 0 Å². The molecule has 0 saturated carbocycles. The second kappa shape index (κ2) is 4.52. The third-order valence-electron chi connectivity index (χ3n) is 1.82. The van der Waals surface area contributed by atoms with E-state index in [4.69, 9.17) is 12.6 Å². The highest BCUT2D eigenvalue weighted by Crippen LogP contribution is 2.12. The topological polar surface area (TPSA) is 26.3 Å². The summed E-state index contributed by atoms with van der Waals surface area (Å²) in [6.45, 7) is 5.54. The highest BCUT2D eigenvalue weighted by Gasteiger charge is 2.17. The predicted octanol–water partition coefficient (Wildman–Crippen LogP) is 2.31. The fourth-order valence-electron chi connectivity index (χ4n) is 1.11. The molecule has 15 heavy (non-hydrogen) atoms. The summed E-state index contributed by atoms with van der Waals surface area (Å²) >= 11 is 0. The lowest BCUT2D eigenvalue weighted by molar-refractivity contribution is 0.00696. The fourth-order valence-corrected chi connectivity index (χ4v) is 1.11. The molecule has 1 rings (SSSR count). The van der Waals surface area contributed by atoms with Crippen molar-refractivity contribution in [3.8, 4) is 0 Å². The highest BCUT2D eigenvalue weighted by atomic mass is 16.6. The lowest BCUT2D eigenvalue weighted by Gasteiger charge is -2.19. The van der Waals surface area contributed by atoms with Crippen molar-refractivity contribution in [1.82, 2.24) is 0 Å². The van der Waals surface area contributed by atoms with Crippen molar-refractivity contribution < 1.29 is 9.53 Å². The average Bonchev–Trinajstić information content (AvgIpc) is 2.15. The van der Waals surface area contributed by atoms with Crippen LogP contribution in [0.4, 0.5) is 0 Å². The van der Waals surface area contributed by atoms with Gasteiger partial charge in [0, 0.05) is 0 Å². The zero-order valence-corrected chi connectivity index (χ0v) is 9.41. The van der Waals surface area contributed by atoms with Crippen LogP contribution in [0.15, 0.2) is 24.3 Å². The molecule has 78 valence electrons. The van der Waals surface area contributed by atoms with Crippen molar-refractivity contribution in [2.24, 2.45) is 0 Å². The van der Waals surface area contributed by atoms with E-state index in [2.05, 4.69) is 0 Å². The summed E-state index contributed by atoms with van der Waals surface area (Å²) in [5.74, 6) is -0.300. The van der Waals surface area contributed by atoms with Gasteiger partial charge in [-0.3, -0.25) is 0 Å². The SMILES string of the molecule is [B]Cc1ccc(C(=O)OC(C)(C)C)cc1. The monoisotopic (exact) mass is 202 g/mol. The number of carbonyl (C=O) groups is 1. The van der Waals surface area contributed by atoms with E-state index in [9.17, 15) is 4.79 Å². The highest BCUT2D eigenvalue weighted by molar-refractivity contribution is 6.08. The lowest BCUT2D eigenvalue weighted by atomic mass is 9.96. The van der Waals surface area contributed by atoms with E-state index < -0.39 is 5.60 Å². The molecule has 3 heteroatoms. The van der Waals surface area contributed by atoms with E-state index in [1.165, 1.54) is 0 Å². The minimum absolute atomic E-state index is 0.300. The molecule has 1 aromatic carbocycles. The molecular formula is C12H15BO2. The number of carbonyl (C=O) groups excluding carboxylic acids is 1. The predicted molar refractivity (Wildman–Crippen MR) is 61.1 cm³/mol. The van der Waals surface area contributed by atoms with Crippen LogP contribution < -0.4 is 0 Å². The minimum atomic E-state index is -0.455. The maximum atomic E-state index is 11.6. The molecule has 1 aromatic rings. The molecule has 0 N–H and O–H groups in total. The average molecular weight is 202 g/mol. The molecule has 0 aromatic heterocycles. The Morgan fingerprint density at radius 3 is 2.20 bits per heavy atom. The molecule has 2 nitrogen and oxygen atoms in total. The Morgan fingerprint density at radius 2 is 1.80 bits per heavy atom. The smallest absolute Gasteiger partial charge is 0.338 e. The third kappa shape index (κ3) is 3.78. The lowest BCUT2D eigenvalue weighted by Crippen LogP contribution is -2.23. The first-order valence-electron chi connectivity index (χ1n) is 4.95. The van der Waals surface area contributed by atoms with E-state index in [-0.39, 0.29) is 5.97 Å². The molecule has 0 saturated heterocycles. The Bertz CT molecular complexity index is 336. The van der Waals surface area contributed by atoms with Crippen LogP contribution in [0.5, 0.6) is 0 Å². The van der Waals surface area contributed by atoms with Crippen LogP contribution in [0.25, 0.3) is 0 Å². The van der Waals surface area contributed by atoms with Crippen LogP contribution in [0.3, 0.4) is 0 Å². The Kier molecular flexibility index (Phi) is 3.56. The van der Waals surface area contributed by atoms with Crippen LogP contribution in [0.1, 0.15) is 36.7 Å². The fraction of sp³-hybridized carbons (Fsp3) is 0.417. The van der Waals surface area contributed by atoms with Crippen molar-refractivity contribution >= 4 is 13.8 Å². The second-order valence-corrected chi connectivity index (χ2v) is 4.40. The molecule has 0 spiro atoms. The van der Waals surface area contributed by atoms with Gasteiger partial charge in [-0.2, -0.15) is 0 Å². The molecule has 0 amide bonds. The molecule has 0 unspecified atom stereocenters. The van der Waals surface area contributed by atoms with E-state index >= 15 is 0 Å². The van der Waals surface area contributed by atoms with Gasteiger partial charge < -0.3 is 4.74 Å². The van der Waals surface area contributed by atoms with Crippen molar-refractivity contribution in [3.05, 3.63) is 35.4 Å².